The molecule has 1 aliphatic heterocycles. The Morgan fingerprint density at radius 3 is 2.42 bits per heavy atom. The minimum absolute atomic E-state index is 0.00792. The number of ether oxygens (including phenoxy) is 1. The summed E-state index contributed by atoms with van der Waals surface area (Å²) in [5.74, 6) is 0.784. The van der Waals surface area contributed by atoms with Crippen molar-refractivity contribution in [1.29, 1.82) is 0 Å². The maximum absolute atomic E-state index is 12.4. The molecule has 0 atom stereocenters. The number of nitrogens with zero attached hydrogens (tertiary/aromatic N) is 1. The van der Waals surface area contributed by atoms with E-state index in [1.54, 1.807) is 0 Å². The van der Waals surface area contributed by atoms with Crippen LogP contribution in [0.3, 0.4) is 0 Å². The van der Waals surface area contributed by atoms with Gasteiger partial charge in [0.05, 0.1) is 0 Å². The predicted octanol–water partition coefficient (Wildman–Crippen LogP) is 3.87. The molecule has 0 aromatic heterocycles. The molecular weight excluding hydrogens is 324 g/mol. The van der Waals surface area contributed by atoms with Gasteiger partial charge in [-0.3, -0.25) is 4.79 Å². The van der Waals surface area contributed by atoms with Crippen LogP contribution in [0.25, 0.3) is 0 Å². The van der Waals surface area contributed by atoms with Crippen LogP contribution in [0, 0.1) is 0 Å². The first-order valence-electron chi connectivity index (χ1n) is 9.54. The molecule has 0 spiro atoms. The number of benzene rings is 2. The van der Waals surface area contributed by atoms with Gasteiger partial charge in [-0.25, -0.2) is 0 Å². The number of carbonyl (C=O) groups excluding carboxylic acids is 1. The lowest BCUT2D eigenvalue weighted by molar-refractivity contribution is 0.0911. The largest absolute Gasteiger partial charge is 0.489 e. The Hall–Kier alpha value is -2.33. The van der Waals surface area contributed by atoms with Crippen molar-refractivity contribution in [1.82, 2.24) is 10.2 Å². The molecule has 0 radical (unpaired) electrons. The molecule has 4 nitrogen and oxygen atoms in total. The molecule has 2 aromatic rings. The number of hydrogen-bond donors (Lipinski definition) is 1. The van der Waals surface area contributed by atoms with Crippen LogP contribution in [0.1, 0.15) is 42.1 Å². The van der Waals surface area contributed by atoms with Crippen LogP contribution in [0.15, 0.2) is 54.6 Å². The molecule has 0 saturated carbocycles. The van der Waals surface area contributed by atoms with Gasteiger partial charge in [0.15, 0.2) is 0 Å². The van der Waals surface area contributed by atoms with Gasteiger partial charge in [0.25, 0.3) is 5.91 Å². The second kappa shape index (κ2) is 9.39. The van der Waals surface area contributed by atoms with E-state index in [2.05, 4.69) is 17.1 Å². The molecule has 1 saturated heterocycles. The fourth-order valence-electron chi connectivity index (χ4n) is 3.33. The quantitative estimate of drug-likeness (QED) is 0.822. The molecule has 1 heterocycles. The lowest BCUT2D eigenvalue weighted by Crippen LogP contribution is -2.44. The highest BCUT2D eigenvalue weighted by atomic mass is 16.5. The van der Waals surface area contributed by atoms with E-state index in [0.29, 0.717) is 12.2 Å². The number of carbonyl (C=O) groups is 1. The number of piperidine rings is 1. The minimum Gasteiger partial charge on any atom is -0.489 e. The van der Waals surface area contributed by atoms with Crippen LogP contribution in [-0.4, -0.2) is 36.5 Å². The van der Waals surface area contributed by atoms with Gasteiger partial charge in [0, 0.05) is 24.7 Å². The number of likely N-dealkylation sites (tertiary alicyclic amines) is 1. The molecule has 1 amide bonds. The van der Waals surface area contributed by atoms with Gasteiger partial charge in [-0.15, -0.1) is 0 Å². The van der Waals surface area contributed by atoms with Crippen molar-refractivity contribution in [3.8, 4) is 5.75 Å². The highest BCUT2D eigenvalue weighted by Gasteiger charge is 2.20. The fourth-order valence-corrected chi connectivity index (χ4v) is 3.33. The second-order valence-electron chi connectivity index (χ2n) is 6.89. The molecule has 0 aliphatic carbocycles. The molecule has 26 heavy (non-hydrogen) atoms. The van der Waals surface area contributed by atoms with Gasteiger partial charge in [-0.2, -0.15) is 0 Å². The van der Waals surface area contributed by atoms with E-state index >= 15 is 0 Å². The third-order valence-electron chi connectivity index (χ3n) is 4.83. The molecular formula is C22H28N2O2. The summed E-state index contributed by atoms with van der Waals surface area (Å²) in [5, 5.41) is 3.17. The normalized spacial score (nSPS) is 15.6. The van der Waals surface area contributed by atoms with E-state index in [4.69, 9.17) is 4.74 Å². The van der Waals surface area contributed by atoms with E-state index in [1.165, 1.54) is 6.42 Å². The van der Waals surface area contributed by atoms with Gasteiger partial charge < -0.3 is 15.0 Å². The van der Waals surface area contributed by atoms with Crippen molar-refractivity contribution >= 4 is 5.91 Å². The summed E-state index contributed by atoms with van der Waals surface area (Å²) < 4.78 is 5.77. The maximum atomic E-state index is 12.4. The zero-order valence-corrected chi connectivity index (χ0v) is 15.5. The van der Waals surface area contributed by atoms with E-state index in [9.17, 15) is 4.79 Å². The standard InChI is InChI=1S/C22H28N2O2/c1-2-14-24-15-12-20(13-16-24)23-22(25)19-8-10-21(11-9-19)26-17-18-6-4-3-5-7-18/h3-11,20H,2,12-17H2,1H3,(H,23,25). The van der Waals surface area contributed by atoms with Crippen LogP contribution in [0.4, 0.5) is 0 Å². The SMILES string of the molecule is CCCN1CCC(NC(=O)c2ccc(OCc3ccccc3)cc2)CC1. The molecule has 0 bridgehead atoms. The first-order valence-corrected chi connectivity index (χ1v) is 9.54. The van der Waals surface area contributed by atoms with Crippen molar-refractivity contribution in [3.05, 3.63) is 65.7 Å². The van der Waals surface area contributed by atoms with Gasteiger partial charge >= 0.3 is 0 Å². The number of nitrogens with one attached hydrogen (secondary N) is 1. The van der Waals surface area contributed by atoms with E-state index in [1.807, 2.05) is 54.6 Å². The van der Waals surface area contributed by atoms with Crippen molar-refractivity contribution in [2.24, 2.45) is 0 Å². The maximum Gasteiger partial charge on any atom is 0.251 e. The molecule has 4 heteroatoms. The van der Waals surface area contributed by atoms with Crippen molar-refractivity contribution in [2.75, 3.05) is 19.6 Å². The Balaban J connectivity index is 1.46. The lowest BCUT2D eigenvalue weighted by Gasteiger charge is -2.32. The highest BCUT2D eigenvalue weighted by Crippen LogP contribution is 2.16. The van der Waals surface area contributed by atoms with Crippen LogP contribution < -0.4 is 10.1 Å². The Kier molecular flexibility index (Phi) is 6.67. The number of amides is 1. The molecule has 138 valence electrons. The Labute approximate surface area is 156 Å². The Bertz CT molecular complexity index is 677. The predicted molar refractivity (Wildman–Crippen MR) is 104 cm³/mol. The third-order valence-corrected chi connectivity index (χ3v) is 4.83. The number of rotatable bonds is 7. The van der Waals surface area contributed by atoms with Crippen LogP contribution >= 0.6 is 0 Å². The van der Waals surface area contributed by atoms with Gasteiger partial charge in [0.1, 0.15) is 12.4 Å². The first-order chi connectivity index (χ1) is 12.7. The third kappa shape index (κ3) is 5.33. The summed E-state index contributed by atoms with van der Waals surface area (Å²) in [6.07, 6.45) is 3.25. The second-order valence-corrected chi connectivity index (χ2v) is 6.89. The van der Waals surface area contributed by atoms with Crippen molar-refractivity contribution in [3.63, 3.8) is 0 Å². The molecule has 0 unspecified atom stereocenters. The Morgan fingerprint density at radius 2 is 1.77 bits per heavy atom. The van der Waals surface area contributed by atoms with Crippen LogP contribution in [-0.2, 0) is 6.61 Å². The first kappa shape index (κ1) is 18.5. The molecule has 1 aliphatic rings. The summed E-state index contributed by atoms with van der Waals surface area (Å²) in [5.41, 5.74) is 1.82. The smallest absolute Gasteiger partial charge is 0.251 e. The van der Waals surface area contributed by atoms with Crippen molar-refractivity contribution < 1.29 is 9.53 Å². The molecule has 3 rings (SSSR count). The van der Waals surface area contributed by atoms with Gasteiger partial charge in [-0.05, 0) is 55.6 Å². The topological polar surface area (TPSA) is 41.6 Å². The summed E-state index contributed by atoms with van der Waals surface area (Å²) in [4.78, 5) is 14.9. The van der Waals surface area contributed by atoms with E-state index in [-0.39, 0.29) is 11.9 Å². The van der Waals surface area contributed by atoms with E-state index in [0.717, 1.165) is 43.8 Å². The van der Waals surface area contributed by atoms with E-state index < -0.39 is 0 Å². The van der Waals surface area contributed by atoms with Crippen LogP contribution in [0.5, 0.6) is 5.75 Å². The molecule has 2 aromatic carbocycles. The highest BCUT2D eigenvalue weighted by molar-refractivity contribution is 5.94. The lowest BCUT2D eigenvalue weighted by atomic mass is 10.0. The van der Waals surface area contributed by atoms with Gasteiger partial charge in [-0.1, -0.05) is 37.3 Å². The fraction of sp³-hybridized carbons (Fsp3) is 0.409. The summed E-state index contributed by atoms with van der Waals surface area (Å²) in [6, 6.07) is 17.7. The van der Waals surface area contributed by atoms with Crippen molar-refractivity contribution in [2.45, 2.75) is 38.8 Å². The molecule has 1 fully saturated rings. The summed E-state index contributed by atoms with van der Waals surface area (Å²) >= 11 is 0. The average Bonchev–Trinajstić information content (AvgIpc) is 2.69. The average molecular weight is 352 g/mol. The summed E-state index contributed by atoms with van der Waals surface area (Å²) in [7, 11) is 0. The summed E-state index contributed by atoms with van der Waals surface area (Å²) in [6.45, 7) is 6.05. The Morgan fingerprint density at radius 1 is 1.08 bits per heavy atom. The zero-order valence-electron chi connectivity index (χ0n) is 15.5. The minimum atomic E-state index is 0.00792. The monoisotopic (exact) mass is 352 g/mol. The molecule has 1 N–H and O–H groups in total. The number of hydrogen-bond acceptors (Lipinski definition) is 3. The van der Waals surface area contributed by atoms with Gasteiger partial charge in [0.2, 0.25) is 0 Å². The zero-order chi connectivity index (χ0) is 18.2. The van der Waals surface area contributed by atoms with Crippen LogP contribution in [0.2, 0.25) is 0 Å².